The molecule has 3 N–H and O–H groups in total. The van der Waals surface area contributed by atoms with Crippen molar-refractivity contribution in [2.45, 2.75) is 19.9 Å². The lowest BCUT2D eigenvalue weighted by Crippen LogP contribution is -2.50. The molecule has 1 saturated heterocycles. The first-order chi connectivity index (χ1) is 10.0. The molecule has 1 amide bonds. The number of amides is 1. The van der Waals surface area contributed by atoms with E-state index < -0.39 is 0 Å². The van der Waals surface area contributed by atoms with Crippen LogP contribution in [0.1, 0.15) is 29.9 Å². The van der Waals surface area contributed by atoms with Gasteiger partial charge in [0.1, 0.15) is 5.69 Å². The second-order valence-electron chi connectivity index (χ2n) is 5.34. The minimum absolute atomic E-state index is 0.0213. The molecule has 1 aromatic heterocycles. The number of carbonyl (C=O) groups is 1. The second-order valence-corrected chi connectivity index (χ2v) is 5.34. The van der Waals surface area contributed by atoms with Gasteiger partial charge in [0.15, 0.2) is 5.84 Å². The third kappa shape index (κ3) is 3.49. The van der Waals surface area contributed by atoms with Crippen LogP contribution in [-0.4, -0.2) is 64.0 Å². The van der Waals surface area contributed by atoms with Gasteiger partial charge in [-0.15, -0.1) is 0 Å². The van der Waals surface area contributed by atoms with Crippen molar-refractivity contribution in [3.05, 3.63) is 29.6 Å². The summed E-state index contributed by atoms with van der Waals surface area (Å²) < 4.78 is 0. The summed E-state index contributed by atoms with van der Waals surface area (Å²) in [5, 5.41) is 11.5. The van der Waals surface area contributed by atoms with Crippen molar-refractivity contribution in [3.8, 4) is 0 Å². The number of hydrogen-bond donors (Lipinski definition) is 2. The average Bonchev–Trinajstić information content (AvgIpc) is 2.53. The molecule has 1 aliphatic rings. The van der Waals surface area contributed by atoms with Gasteiger partial charge in [-0.25, -0.2) is 0 Å². The molecule has 1 aromatic rings. The van der Waals surface area contributed by atoms with Crippen LogP contribution in [0.3, 0.4) is 0 Å². The standard InChI is InChI=1S/C14H21N5O2/c1-10(2)18-5-7-19(8-6-18)14(20)12-4-3-11(9-16-12)13(15)17-21/h3-4,9-10,21H,5-8H2,1-2H3,(H2,15,17). The Morgan fingerprint density at radius 3 is 2.48 bits per heavy atom. The summed E-state index contributed by atoms with van der Waals surface area (Å²) in [6.45, 7) is 7.49. The number of piperazine rings is 1. The van der Waals surface area contributed by atoms with Gasteiger partial charge in [0.05, 0.1) is 0 Å². The van der Waals surface area contributed by atoms with Crippen molar-refractivity contribution in [2.24, 2.45) is 10.9 Å². The van der Waals surface area contributed by atoms with Gasteiger partial charge in [-0.2, -0.15) is 0 Å². The van der Waals surface area contributed by atoms with Crippen LogP contribution in [0, 0.1) is 0 Å². The number of carbonyl (C=O) groups excluding carboxylic acids is 1. The van der Waals surface area contributed by atoms with E-state index in [1.807, 2.05) is 4.90 Å². The molecular formula is C14H21N5O2. The first-order valence-corrected chi connectivity index (χ1v) is 7.00. The van der Waals surface area contributed by atoms with Gasteiger partial charge >= 0.3 is 0 Å². The van der Waals surface area contributed by atoms with Gasteiger partial charge in [0, 0.05) is 44.0 Å². The van der Waals surface area contributed by atoms with E-state index in [2.05, 4.69) is 28.9 Å². The Morgan fingerprint density at radius 2 is 2.00 bits per heavy atom. The predicted octanol–water partition coefficient (Wildman–Crippen LogP) is 0.342. The highest BCUT2D eigenvalue weighted by Crippen LogP contribution is 2.10. The number of aromatic nitrogens is 1. The van der Waals surface area contributed by atoms with Gasteiger partial charge < -0.3 is 15.8 Å². The molecule has 0 aliphatic carbocycles. The third-order valence-electron chi connectivity index (χ3n) is 3.72. The molecule has 0 spiro atoms. The van der Waals surface area contributed by atoms with E-state index in [0.29, 0.717) is 30.4 Å². The number of nitrogens with zero attached hydrogens (tertiary/aromatic N) is 4. The Bertz CT molecular complexity index is 519. The number of hydrogen-bond acceptors (Lipinski definition) is 5. The molecule has 0 saturated carbocycles. The van der Waals surface area contributed by atoms with Crippen LogP contribution in [0.15, 0.2) is 23.5 Å². The highest BCUT2D eigenvalue weighted by atomic mass is 16.4. The zero-order chi connectivity index (χ0) is 15.4. The molecule has 21 heavy (non-hydrogen) atoms. The lowest BCUT2D eigenvalue weighted by molar-refractivity contribution is 0.0590. The van der Waals surface area contributed by atoms with Crippen LogP contribution in [0.2, 0.25) is 0 Å². The molecule has 0 aromatic carbocycles. The van der Waals surface area contributed by atoms with Crippen molar-refractivity contribution in [1.82, 2.24) is 14.8 Å². The Labute approximate surface area is 124 Å². The van der Waals surface area contributed by atoms with Gasteiger partial charge in [-0.1, -0.05) is 5.16 Å². The molecule has 0 atom stereocenters. The van der Waals surface area contributed by atoms with Crippen molar-refractivity contribution in [3.63, 3.8) is 0 Å². The fraction of sp³-hybridized carbons (Fsp3) is 0.500. The van der Waals surface area contributed by atoms with Crippen LogP contribution in [-0.2, 0) is 0 Å². The SMILES string of the molecule is CC(C)N1CCN(C(=O)c2ccc(C(N)=NO)cn2)CC1. The Hall–Kier alpha value is -2.15. The molecule has 2 heterocycles. The molecular weight excluding hydrogens is 270 g/mol. The summed E-state index contributed by atoms with van der Waals surface area (Å²) in [7, 11) is 0. The van der Waals surface area contributed by atoms with Crippen LogP contribution in [0.4, 0.5) is 0 Å². The first kappa shape index (κ1) is 15.2. The molecule has 0 unspecified atom stereocenters. The molecule has 114 valence electrons. The topological polar surface area (TPSA) is 95.0 Å². The minimum atomic E-state index is -0.0792. The largest absolute Gasteiger partial charge is 0.409 e. The van der Waals surface area contributed by atoms with Crippen LogP contribution >= 0.6 is 0 Å². The van der Waals surface area contributed by atoms with Crippen molar-refractivity contribution in [1.29, 1.82) is 0 Å². The van der Waals surface area contributed by atoms with E-state index in [0.717, 1.165) is 13.1 Å². The summed E-state index contributed by atoms with van der Waals surface area (Å²) in [4.78, 5) is 20.6. The maximum atomic E-state index is 12.4. The number of oxime groups is 1. The fourth-order valence-electron chi connectivity index (χ4n) is 2.33. The van der Waals surface area contributed by atoms with Crippen molar-refractivity contribution in [2.75, 3.05) is 26.2 Å². The molecule has 0 bridgehead atoms. The number of amidine groups is 1. The smallest absolute Gasteiger partial charge is 0.272 e. The van der Waals surface area contributed by atoms with Crippen molar-refractivity contribution >= 4 is 11.7 Å². The summed E-state index contributed by atoms with van der Waals surface area (Å²) in [6, 6.07) is 3.73. The quantitative estimate of drug-likeness (QED) is 0.362. The summed E-state index contributed by atoms with van der Waals surface area (Å²) in [6.07, 6.45) is 1.44. The fourth-order valence-corrected chi connectivity index (χ4v) is 2.33. The van der Waals surface area contributed by atoms with Crippen LogP contribution < -0.4 is 5.73 Å². The lowest BCUT2D eigenvalue weighted by Gasteiger charge is -2.36. The van der Waals surface area contributed by atoms with E-state index in [4.69, 9.17) is 10.9 Å². The maximum absolute atomic E-state index is 12.4. The van der Waals surface area contributed by atoms with Crippen LogP contribution in [0.25, 0.3) is 0 Å². The first-order valence-electron chi connectivity index (χ1n) is 7.00. The number of nitrogens with two attached hydrogens (primary N) is 1. The van der Waals surface area contributed by atoms with Gasteiger partial charge in [-0.05, 0) is 26.0 Å². The highest BCUT2D eigenvalue weighted by Gasteiger charge is 2.23. The Balaban J connectivity index is 2.01. The predicted molar refractivity (Wildman–Crippen MR) is 79.4 cm³/mol. The number of pyridine rings is 1. The molecule has 7 heteroatoms. The average molecular weight is 291 g/mol. The monoisotopic (exact) mass is 291 g/mol. The summed E-state index contributed by atoms with van der Waals surface area (Å²) in [5.74, 6) is -0.100. The molecule has 0 radical (unpaired) electrons. The van der Waals surface area contributed by atoms with E-state index in [9.17, 15) is 4.79 Å². The Kier molecular flexibility index (Phi) is 4.74. The second kappa shape index (κ2) is 6.53. The minimum Gasteiger partial charge on any atom is -0.409 e. The van der Waals surface area contributed by atoms with Crippen molar-refractivity contribution < 1.29 is 10.0 Å². The molecule has 1 fully saturated rings. The molecule has 7 nitrogen and oxygen atoms in total. The van der Waals surface area contributed by atoms with Gasteiger partial charge in [-0.3, -0.25) is 14.7 Å². The number of rotatable bonds is 3. The normalized spacial score (nSPS) is 17.3. The maximum Gasteiger partial charge on any atom is 0.272 e. The summed E-state index contributed by atoms with van der Waals surface area (Å²) in [5.41, 5.74) is 6.33. The van der Waals surface area contributed by atoms with E-state index in [-0.39, 0.29) is 11.7 Å². The summed E-state index contributed by atoms with van der Waals surface area (Å²) >= 11 is 0. The zero-order valence-corrected chi connectivity index (χ0v) is 12.4. The lowest BCUT2D eigenvalue weighted by atomic mass is 10.2. The zero-order valence-electron chi connectivity index (χ0n) is 12.4. The van der Waals surface area contributed by atoms with E-state index in [1.165, 1.54) is 6.20 Å². The molecule has 1 aliphatic heterocycles. The van der Waals surface area contributed by atoms with Gasteiger partial charge in [0.2, 0.25) is 0 Å². The third-order valence-corrected chi connectivity index (χ3v) is 3.72. The van der Waals surface area contributed by atoms with E-state index >= 15 is 0 Å². The molecule has 2 rings (SSSR count). The van der Waals surface area contributed by atoms with Crippen LogP contribution in [0.5, 0.6) is 0 Å². The van der Waals surface area contributed by atoms with E-state index in [1.54, 1.807) is 12.1 Å². The highest BCUT2D eigenvalue weighted by molar-refractivity contribution is 5.98. The van der Waals surface area contributed by atoms with Gasteiger partial charge in [0.25, 0.3) is 5.91 Å². The Morgan fingerprint density at radius 1 is 1.33 bits per heavy atom.